The maximum absolute atomic E-state index is 15.7. The van der Waals surface area contributed by atoms with Crippen LogP contribution in [0.4, 0.5) is 22.4 Å². The van der Waals surface area contributed by atoms with Crippen molar-refractivity contribution in [2.75, 3.05) is 20.3 Å². The monoisotopic (exact) mass is 543 g/mol. The lowest BCUT2D eigenvalue weighted by Gasteiger charge is -2.34. The van der Waals surface area contributed by atoms with E-state index in [0.29, 0.717) is 5.52 Å². The Morgan fingerprint density at radius 2 is 1.82 bits per heavy atom. The highest BCUT2D eigenvalue weighted by atomic mass is 19.4. The van der Waals surface area contributed by atoms with E-state index in [0.717, 1.165) is 0 Å². The minimum Gasteiger partial charge on any atom is -0.469 e. The Kier molecular flexibility index (Phi) is 7.92. The molecule has 1 aromatic carbocycles. The van der Waals surface area contributed by atoms with Crippen molar-refractivity contribution in [1.82, 2.24) is 15.3 Å². The van der Waals surface area contributed by atoms with Crippen LogP contribution in [-0.2, 0) is 19.0 Å². The van der Waals surface area contributed by atoms with Gasteiger partial charge in [-0.1, -0.05) is 6.07 Å². The molecule has 1 aliphatic heterocycles. The first kappa shape index (κ1) is 28.1. The van der Waals surface area contributed by atoms with E-state index >= 15 is 4.39 Å². The van der Waals surface area contributed by atoms with Crippen LogP contribution >= 0.6 is 0 Å². The number of imidazole rings is 1. The van der Waals surface area contributed by atoms with Crippen LogP contribution in [0.3, 0.4) is 0 Å². The molecule has 12 heteroatoms. The van der Waals surface area contributed by atoms with Crippen LogP contribution in [0.2, 0.25) is 0 Å². The number of aromatic nitrogens is 2. The molecule has 1 saturated carbocycles. The van der Waals surface area contributed by atoms with Crippen molar-refractivity contribution in [1.29, 1.82) is 0 Å². The second-order valence-corrected chi connectivity index (χ2v) is 11.0. The van der Waals surface area contributed by atoms with Gasteiger partial charge in [-0.05, 0) is 64.0 Å². The number of alkyl carbamates (subject to hydrolysis) is 1. The van der Waals surface area contributed by atoms with Crippen LogP contribution in [0.15, 0.2) is 12.1 Å². The molecule has 2 heterocycles. The Balaban J connectivity index is 1.65. The SMILES string of the molecule is COC(=O)C1COCC1c1ccc2[nH]c([C@@H](NC(=O)OC(C)(C)C)C3CCC(C(F)(F)F)CC3)nc2c1F. The van der Waals surface area contributed by atoms with Crippen LogP contribution in [0.25, 0.3) is 11.0 Å². The van der Waals surface area contributed by atoms with Gasteiger partial charge in [0, 0.05) is 5.92 Å². The van der Waals surface area contributed by atoms with Gasteiger partial charge in [0.25, 0.3) is 0 Å². The lowest BCUT2D eigenvalue weighted by Crippen LogP contribution is -2.40. The van der Waals surface area contributed by atoms with Gasteiger partial charge in [-0.2, -0.15) is 13.2 Å². The van der Waals surface area contributed by atoms with E-state index in [1.54, 1.807) is 32.9 Å². The molecule has 1 amide bonds. The van der Waals surface area contributed by atoms with E-state index in [4.69, 9.17) is 14.2 Å². The third-order valence-corrected chi connectivity index (χ3v) is 7.30. The van der Waals surface area contributed by atoms with Crippen molar-refractivity contribution in [2.45, 2.75) is 70.2 Å². The number of halogens is 4. The zero-order valence-electron chi connectivity index (χ0n) is 21.8. The molecule has 3 atom stereocenters. The van der Waals surface area contributed by atoms with Gasteiger partial charge in [0.1, 0.15) is 16.9 Å². The van der Waals surface area contributed by atoms with Crippen LogP contribution in [-0.4, -0.2) is 54.1 Å². The van der Waals surface area contributed by atoms with Crippen molar-refractivity contribution < 1.29 is 41.4 Å². The Labute approximate surface area is 217 Å². The van der Waals surface area contributed by atoms with Crippen molar-refractivity contribution in [3.8, 4) is 0 Å². The summed E-state index contributed by atoms with van der Waals surface area (Å²) in [6.45, 7) is 5.35. The maximum Gasteiger partial charge on any atom is 0.408 e. The number of ether oxygens (including phenoxy) is 3. The Bertz CT molecular complexity index is 1170. The molecule has 38 heavy (non-hydrogen) atoms. The summed E-state index contributed by atoms with van der Waals surface area (Å²) in [5.74, 6) is -3.87. The van der Waals surface area contributed by atoms with Crippen LogP contribution in [0.5, 0.6) is 0 Å². The number of esters is 1. The summed E-state index contributed by atoms with van der Waals surface area (Å²) < 4.78 is 71.1. The number of nitrogens with one attached hydrogen (secondary N) is 2. The molecule has 2 fully saturated rings. The Morgan fingerprint density at radius 3 is 2.42 bits per heavy atom. The molecule has 0 spiro atoms. The fourth-order valence-electron chi connectivity index (χ4n) is 5.38. The molecular formula is C26H33F4N3O5. The molecule has 2 N–H and O–H groups in total. The highest BCUT2D eigenvalue weighted by Gasteiger charge is 2.44. The third-order valence-electron chi connectivity index (χ3n) is 7.30. The molecule has 1 aliphatic carbocycles. The standard InChI is InChI=1S/C26H33F4N3O5/c1-25(2,3)38-24(35)33-20(13-5-7-14(8-6-13)26(28,29)30)22-31-18-10-9-15(19(27)21(18)32-22)16-11-37-12-17(16)23(34)36-4/h9-10,13-14,16-17,20H,5-8,11-12H2,1-4H3,(H,31,32)(H,33,35)/t13?,14?,16?,17?,20-/m0/s1. The van der Waals surface area contributed by atoms with Crippen molar-refractivity contribution >= 4 is 23.1 Å². The molecule has 4 rings (SSSR count). The molecular weight excluding hydrogens is 510 g/mol. The number of benzene rings is 1. The number of amides is 1. The summed E-state index contributed by atoms with van der Waals surface area (Å²) in [5, 5.41) is 2.75. The number of H-pyrrole nitrogens is 1. The number of hydrogen-bond donors (Lipinski definition) is 2. The van der Waals surface area contributed by atoms with Gasteiger partial charge in [-0.25, -0.2) is 14.2 Å². The summed E-state index contributed by atoms with van der Waals surface area (Å²) in [4.78, 5) is 32.3. The first-order valence-electron chi connectivity index (χ1n) is 12.7. The molecule has 2 aromatic rings. The highest BCUT2D eigenvalue weighted by Crippen LogP contribution is 2.43. The average molecular weight is 544 g/mol. The molecule has 0 radical (unpaired) electrons. The summed E-state index contributed by atoms with van der Waals surface area (Å²) >= 11 is 0. The van der Waals surface area contributed by atoms with Gasteiger partial charge in [-0.3, -0.25) is 4.79 Å². The van der Waals surface area contributed by atoms with E-state index in [2.05, 4.69) is 15.3 Å². The Morgan fingerprint density at radius 1 is 1.13 bits per heavy atom. The summed E-state index contributed by atoms with van der Waals surface area (Å²) in [5.41, 5.74) is -0.176. The lowest BCUT2D eigenvalue weighted by atomic mass is 9.78. The number of nitrogens with zero attached hydrogens (tertiary/aromatic N) is 1. The number of carbonyl (C=O) groups is 2. The summed E-state index contributed by atoms with van der Waals surface area (Å²) in [6, 6.07) is 2.37. The third kappa shape index (κ3) is 6.05. The number of methoxy groups -OCH3 is 1. The van der Waals surface area contributed by atoms with E-state index < -0.39 is 53.5 Å². The first-order valence-corrected chi connectivity index (χ1v) is 12.7. The highest BCUT2D eigenvalue weighted by molar-refractivity contribution is 5.79. The van der Waals surface area contributed by atoms with Gasteiger partial charge in [0.05, 0.1) is 43.7 Å². The van der Waals surface area contributed by atoms with Gasteiger partial charge >= 0.3 is 18.2 Å². The fraction of sp³-hybridized carbons (Fsp3) is 0.654. The zero-order chi connectivity index (χ0) is 27.8. The number of hydrogen-bond acceptors (Lipinski definition) is 6. The van der Waals surface area contributed by atoms with Crippen LogP contribution < -0.4 is 5.32 Å². The molecule has 0 bridgehead atoms. The predicted molar refractivity (Wildman–Crippen MR) is 129 cm³/mol. The largest absolute Gasteiger partial charge is 0.469 e. The second-order valence-electron chi connectivity index (χ2n) is 11.0. The Hall–Kier alpha value is -2.89. The van der Waals surface area contributed by atoms with E-state index in [-0.39, 0.29) is 61.7 Å². The van der Waals surface area contributed by atoms with Crippen molar-refractivity contribution in [3.05, 3.63) is 29.3 Å². The fourth-order valence-corrected chi connectivity index (χ4v) is 5.38. The van der Waals surface area contributed by atoms with Crippen molar-refractivity contribution in [2.24, 2.45) is 17.8 Å². The molecule has 210 valence electrons. The number of fused-ring (bicyclic) bond motifs is 1. The van der Waals surface area contributed by atoms with E-state index in [1.165, 1.54) is 7.11 Å². The molecule has 1 saturated heterocycles. The van der Waals surface area contributed by atoms with Gasteiger partial charge in [-0.15, -0.1) is 0 Å². The number of alkyl halides is 3. The second kappa shape index (κ2) is 10.7. The number of rotatable bonds is 5. The topological polar surface area (TPSA) is 103 Å². The van der Waals surface area contributed by atoms with E-state index in [1.807, 2.05) is 0 Å². The van der Waals surface area contributed by atoms with Crippen molar-refractivity contribution in [3.63, 3.8) is 0 Å². The smallest absolute Gasteiger partial charge is 0.408 e. The molecule has 1 aromatic heterocycles. The molecule has 2 unspecified atom stereocenters. The molecule has 2 aliphatic rings. The quantitative estimate of drug-likeness (QED) is 0.379. The minimum absolute atomic E-state index is 0.00739. The first-order chi connectivity index (χ1) is 17.8. The average Bonchev–Trinajstić information content (AvgIpc) is 3.49. The zero-order valence-corrected chi connectivity index (χ0v) is 21.8. The predicted octanol–water partition coefficient (Wildman–Crippen LogP) is 5.54. The van der Waals surface area contributed by atoms with Crippen LogP contribution in [0, 0.1) is 23.6 Å². The molecule has 8 nitrogen and oxygen atoms in total. The van der Waals surface area contributed by atoms with Crippen LogP contribution in [0.1, 0.15) is 69.8 Å². The van der Waals surface area contributed by atoms with Gasteiger partial charge in [0.2, 0.25) is 0 Å². The van der Waals surface area contributed by atoms with Gasteiger partial charge < -0.3 is 24.5 Å². The lowest BCUT2D eigenvalue weighted by molar-refractivity contribution is -0.184. The number of aromatic amines is 1. The summed E-state index contributed by atoms with van der Waals surface area (Å²) in [7, 11) is 1.26. The number of carbonyl (C=O) groups excluding carboxylic acids is 2. The maximum atomic E-state index is 15.7. The normalized spacial score (nSPS) is 25.3. The van der Waals surface area contributed by atoms with E-state index in [9.17, 15) is 22.8 Å². The summed E-state index contributed by atoms with van der Waals surface area (Å²) in [6.07, 6.45) is -4.76. The minimum atomic E-state index is -4.27. The van der Waals surface area contributed by atoms with Gasteiger partial charge in [0.15, 0.2) is 5.82 Å².